The van der Waals surface area contributed by atoms with Crippen LogP contribution in [-0.4, -0.2) is 83.3 Å². The molecule has 0 saturated carbocycles. The normalized spacial score (nSPS) is 30.4. The number of esters is 1. The fourth-order valence-corrected chi connectivity index (χ4v) is 6.51. The van der Waals surface area contributed by atoms with Gasteiger partial charge in [-0.3, -0.25) is 19.3 Å². The van der Waals surface area contributed by atoms with Crippen LogP contribution in [0.15, 0.2) is 35.1 Å². The molecule has 5 atom stereocenters. The molecule has 0 aromatic carbocycles. The van der Waals surface area contributed by atoms with Crippen LogP contribution in [0, 0.1) is 17.8 Å². The first kappa shape index (κ1) is 26.2. The van der Waals surface area contributed by atoms with Gasteiger partial charge in [-0.1, -0.05) is 12.7 Å². The van der Waals surface area contributed by atoms with E-state index >= 15 is 0 Å². The molecular weight excluding hydrogens is 505 g/mol. The summed E-state index contributed by atoms with van der Waals surface area (Å²) < 4.78 is 47.2. The van der Waals surface area contributed by atoms with Gasteiger partial charge in [-0.15, -0.1) is 11.8 Å². The predicted molar refractivity (Wildman–Crippen MR) is 121 cm³/mol. The van der Waals surface area contributed by atoms with Crippen molar-refractivity contribution in [2.75, 3.05) is 32.0 Å². The molecule has 4 rings (SSSR count). The molecule has 36 heavy (non-hydrogen) atoms. The second kappa shape index (κ2) is 9.90. The molecule has 0 aromatic heterocycles. The van der Waals surface area contributed by atoms with Gasteiger partial charge in [0, 0.05) is 30.3 Å². The van der Waals surface area contributed by atoms with E-state index in [9.17, 15) is 37.5 Å². The number of alkyl halides is 3. The largest absolute Gasteiger partial charge is 0.477 e. The first-order valence-electron chi connectivity index (χ1n) is 11.2. The Kier molecular flexibility index (Phi) is 7.21. The van der Waals surface area contributed by atoms with E-state index in [0.29, 0.717) is 0 Å². The second-order valence-corrected chi connectivity index (χ2v) is 9.94. The number of rotatable bonds is 7. The number of ether oxygens (including phenoxy) is 1. The molecule has 2 amide bonds. The Morgan fingerprint density at radius 3 is 2.64 bits per heavy atom. The van der Waals surface area contributed by atoms with Crippen LogP contribution < -0.4 is 16.4 Å². The van der Waals surface area contributed by atoms with Gasteiger partial charge >= 0.3 is 18.1 Å². The summed E-state index contributed by atoms with van der Waals surface area (Å²) in [7, 11) is 0. The van der Waals surface area contributed by atoms with Gasteiger partial charge in [-0.05, 0) is 24.1 Å². The number of amides is 2. The number of β-lactam (4-membered cyclic amide) rings is 1. The van der Waals surface area contributed by atoms with Crippen molar-refractivity contribution in [2.24, 2.45) is 23.5 Å². The summed E-state index contributed by atoms with van der Waals surface area (Å²) >= 11 is 1.13. The molecule has 0 aliphatic carbocycles. The lowest BCUT2D eigenvalue weighted by atomic mass is 9.74. The zero-order valence-corrected chi connectivity index (χ0v) is 19.8. The van der Waals surface area contributed by atoms with Crippen molar-refractivity contribution < 1.29 is 42.2 Å². The smallest absolute Gasteiger partial charge is 0.393 e. The van der Waals surface area contributed by atoms with Gasteiger partial charge in [0.1, 0.15) is 23.7 Å². The molecule has 0 radical (unpaired) electrons. The van der Waals surface area contributed by atoms with Crippen LogP contribution in [0.4, 0.5) is 13.2 Å². The SMILES string of the molecule is C=CCOC(=O)C(C(=C1CCNC1=O)C1=C(C(=O)O)N2C(=O)[C@@H](N)[C@H]2SC1)[C@@H]1CNC[C@@H]1C(F)(F)F. The van der Waals surface area contributed by atoms with Crippen LogP contribution in [0.25, 0.3) is 0 Å². The van der Waals surface area contributed by atoms with Crippen LogP contribution in [0.3, 0.4) is 0 Å². The maximum absolute atomic E-state index is 14.0. The van der Waals surface area contributed by atoms with Crippen molar-refractivity contribution in [3.05, 3.63) is 35.1 Å². The van der Waals surface area contributed by atoms with Gasteiger partial charge in [-0.25, -0.2) is 4.79 Å². The predicted octanol–water partition coefficient (Wildman–Crippen LogP) is 0.127. The number of carbonyl (C=O) groups is 4. The fourth-order valence-electron chi connectivity index (χ4n) is 5.20. The van der Waals surface area contributed by atoms with Gasteiger partial charge in [0.25, 0.3) is 0 Å². The Morgan fingerprint density at radius 2 is 2.06 bits per heavy atom. The number of nitrogens with zero attached hydrogens (tertiary/aromatic N) is 1. The second-order valence-electron chi connectivity index (χ2n) is 8.83. The Morgan fingerprint density at radius 1 is 1.33 bits per heavy atom. The van der Waals surface area contributed by atoms with E-state index in [4.69, 9.17) is 10.5 Å². The Bertz CT molecular complexity index is 1070. The van der Waals surface area contributed by atoms with Gasteiger partial charge in [0.15, 0.2) is 0 Å². The molecule has 10 nitrogen and oxygen atoms in total. The van der Waals surface area contributed by atoms with Crippen molar-refractivity contribution in [2.45, 2.75) is 24.0 Å². The van der Waals surface area contributed by atoms with Crippen LogP contribution in [0.2, 0.25) is 0 Å². The molecule has 0 bridgehead atoms. The number of thioether (sulfide) groups is 1. The molecule has 3 fully saturated rings. The van der Waals surface area contributed by atoms with E-state index in [2.05, 4.69) is 17.2 Å². The van der Waals surface area contributed by atoms with Crippen molar-refractivity contribution >= 4 is 35.5 Å². The summed E-state index contributed by atoms with van der Waals surface area (Å²) in [6.07, 6.45) is -3.36. The van der Waals surface area contributed by atoms with Gasteiger partial charge in [0.2, 0.25) is 11.8 Å². The quantitative estimate of drug-likeness (QED) is 0.156. The Balaban J connectivity index is 1.94. The highest BCUT2D eigenvalue weighted by atomic mass is 32.2. The minimum absolute atomic E-state index is 0.00782. The van der Waals surface area contributed by atoms with Crippen LogP contribution in [-0.2, 0) is 23.9 Å². The zero-order chi connectivity index (χ0) is 26.4. The zero-order valence-electron chi connectivity index (χ0n) is 19.0. The topological polar surface area (TPSA) is 151 Å². The van der Waals surface area contributed by atoms with Crippen molar-refractivity contribution in [3.8, 4) is 0 Å². The highest BCUT2D eigenvalue weighted by molar-refractivity contribution is 8.00. The van der Waals surface area contributed by atoms with Gasteiger partial charge in [0.05, 0.1) is 11.8 Å². The average molecular weight is 531 g/mol. The number of aliphatic carboxylic acids is 1. The molecule has 4 aliphatic heterocycles. The molecule has 0 aromatic rings. The highest BCUT2D eigenvalue weighted by Gasteiger charge is 2.56. The molecule has 3 saturated heterocycles. The van der Waals surface area contributed by atoms with Crippen LogP contribution in [0.5, 0.6) is 0 Å². The number of hydrogen-bond acceptors (Lipinski definition) is 8. The summed E-state index contributed by atoms with van der Waals surface area (Å²) in [5, 5.41) is 14.6. The lowest BCUT2D eigenvalue weighted by molar-refractivity contribution is -0.185. The minimum atomic E-state index is -4.67. The van der Waals surface area contributed by atoms with Gasteiger partial charge < -0.3 is 26.2 Å². The third kappa shape index (κ3) is 4.41. The lowest BCUT2D eigenvalue weighted by Gasteiger charge is -2.48. The fraction of sp³-hybridized carbons (Fsp3) is 0.545. The number of hydrogen-bond donors (Lipinski definition) is 4. The third-order valence-corrected chi connectivity index (χ3v) is 8.12. The highest BCUT2D eigenvalue weighted by Crippen LogP contribution is 2.48. The van der Waals surface area contributed by atoms with E-state index < -0.39 is 71.3 Å². The first-order chi connectivity index (χ1) is 17.0. The summed E-state index contributed by atoms with van der Waals surface area (Å²) in [5.41, 5.74) is 5.16. The maximum Gasteiger partial charge on any atom is 0.393 e. The number of carboxylic acids is 1. The molecule has 1 unspecified atom stereocenters. The Hall–Kier alpha value is -2.84. The van der Waals surface area contributed by atoms with Gasteiger partial charge in [-0.2, -0.15) is 13.2 Å². The van der Waals surface area contributed by atoms with Crippen molar-refractivity contribution in [3.63, 3.8) is 0 Å². The van der Waals surface area contributed by atoms with Crippen molar-refractivity contribution in [1.82, 2.24) is 15.5 Å². The summed E-state index contributed by atoms with van der Waals surface area (Å²) in [4.78, 5) is 52.0. The van der Waals surface area contributed by atoms with E-state index in [-0.39, 0.29) is 48.6 Å². The summed E-state index contributed by atoms with van der Waals surface area (Å²) in [6.45, 7) is 2.66. The first-order valence-corrected chi connectivity index (χ1v) is 12.3. The van der Waals surface area contributed by atoms with Crippen molar-refractivity contribution in [1.29, 1.82) is 0 Å². The molecule has 196 valence electrons. The number of halogens is 3. The lowest BCUT2D eigenvalue weighted by Crippen LogP contribution is -2.68. The summed E-state index contributed by atoms with van der Waals surface area (Å²) in [6, 6.07) is -0.932. The number of nitrogens with two attached hydrogens (primary N) is 1. The number of carbonyl (C=O) groups excluding carboxylic acids is 3. The van der Waals surface area contributed by atoms with E-state index in [1.165, 1.54) is 6.08 Å². The molecule has 5 N–H and O–H groups in total. The Labute approximate surface area is 208 Å². The molecule has 4 aliphatic rings. The standard InChI is InChI=1S/C22H25F3N4O6S/c1-2-5-35-21(34)14(10-6-27-7-12(10)22(23,24)25)13(9-3-4-28-17(9)30)11-8-36-19-15(26)18(31)29(19)16(11)20(32)33/h2,10,12,14-15,19,27H,1,3-8,26H2,(H,28,30)(H,32,33)/t10-,12+,14?,15-,19-/m1/s1. The van der Waals surface area contributed by atoms with Crippen LogP contribution >= 0.6 is 11.8 Å². The monoisotopic (exact) mass is 530 g/mol. The average Bonchev–Trinajstić information content (AvgIpc) is 3.48. The third-order valence-electron chi connectivity index (χ3n) is 6.82. The van der Waals surface area contributed by atoms with E-state index in [1.54, 1.807) is 0 Å². The summed E-state index contributed by atoms with van der Waals surface area (Å²) in [5.74, 6) is -8.83. The molecule has 4 heterocycles. The van der Waals surface area contributed by atoms with E-state index in [1.807, 2.05) is 0 Å². The number of nitrogens with one attached hydrogen (secondary N) is 2. The van der Waals surface area contributed by atoms with E-state index in [0.717, 1.165) is 16.7 Å². The molecule has 0 spiro atoms. The molecule has 14 heteroatoms. The molecular formula is C22H25F3N4O6S. The number of carboxylic acid groups (broad SMARTS) is 1. The number of fused-ring (bicyclic) bond motifs is 1. The minimum Gasteiger partial charge on any atom is -0.477 e. The van der Waals surface area contributed by atoms with Crippen LogP contribution in [0.1, 0.15) is 6.42 Å². The maximum atomic E-state index is 14.0.